The predicted octanol–water partition coefficient (Wildman–Crippen LogP) is 1.42. The van der Waals surface area contributed by atoms with E-state index < -0.39 is 12.7 Å². The van der Waals surface area contributed by atoms with E-state index in [2.05, 4.69) is 9.47 Å². The number of hydrogen-bond acceptors (Lipinski definition) is 2. The molecule has 0 N–H and O–H groups in total. The lowest BCUT2D eigenvalue weighted by atomic mass is 10.6. The van der Waals surface area contributed by atoms with Gasteiger partial charge < -0.3 is 9.47 Å². The zero-order valence-electron chi connectivity index (χ0n) is 5.36. The van der Waals surface area contributed by atoms with Gasteiger partial charge in [0.2, 0.25) is 0 Å². The van der Waals surface area contributed by atoms with Gasteiger partial charge in [-0.3, -0.25) is 0 Å². The molecule has 4 heteroatoms. The maximum atomic E-state index is 11.6. The van der Waals surface area contributed by atoms with E-state index in [1.165, 1.54) is 0 Å². The summed E-state index contributed by atoms with van der Waals surface area (Å²) in [5.74, 6) is 0. The van der Waals surface area contributed by atoms with Gasteiger partial charge in [-0.2, -0.15) is 0 Å². The van der Waals surface area contributed by atoms with Gasteiger partial charge in [0.25, 0.3) is 12.7 Å². The van der Waals surface area contributed by atoms with E-state index in [0.717, 1.165) is 7.11 Å². The third-order valence-electron chi connectivity index (χ3n) is 0.666. The molecule has 0 fully saturated rings. The highest BCUT2D eigenvalue weighted by Crippen LogP contribution is 2.13. The van der Waals surface area contributed by atoms with Gasteiger partial charge in [0.05, 0.1) is 0 Å². The van der Waals surface area contributed by atoms with Crippen LogP contribution in [0.4, 0.5) is 8.78 Å². The third-order valence-corrected chi connectivity index (χ3v) is 0.666. The van der Waals surface area contributed by atoms with E-state index in [-0.39, 0.29) is 6.61 Å². The first-order valence-corrected chi connectivity index (χ1v) is 2.54. The first kappa shape index (κ1) is 8.78. The minimum Gasteiger partial charge on any atom is -0.344 e. The standard InChI is InChI=1S/C5H9F2O2/c1-3-9-5(8-2)4(6)7/h4H,3H2,1-2H3. The van der Waals surface area contributed by atoms with Crippen molar-refractivity contribution in [1.29, 1.82) is 0 Å². The van der Waals surface area contributed by atoms with Crippen LogP contribution < -0.4 is 0 Å². The van der Waals surface area contributed by atoms with Crippen molar-refractivity contribution in [3.05, 3.63) is 6.29 Å². The van der Waals surface area contributed by atoms with Gasteiger partial charge in [0, 0.05) is 13.7 Å². The summed E-state index contributed by atoms with van der Waals surface area (Å²) < 4.78 is 31.8. The lowest BCUT2D eigenvalue weighted by Crippen LogP contribution is -2.14. The number of hydrogen-bond donors (Lipinski definition) is 0. The summed E-state index contributed by atoms with van der Waals surface area (Å²) in [4.78, 5) is 0. The molecule has 9 heavy (non-hydrogen) atoms. The molecule has 0 aromatic heterocycles. The Morgan fingerprint density at radius 2 is 2.11 bits per heavy atom. The molecule has 0 aromatic carbocycles. The van der Waals surface area contributed by atoms with Crippen molar-refractivity contribution >= 4 is 0 Å². The average molecular weight is 139 g/mol. The molecule has 0 atom stereocenters. The predicted molar refractivity (Wildman–Crippen MR) is 27.9 cm³/mol. The van der Waals surface area contributed by atoms with E-state index in [4.69, 9.17) is 0 Å². The van der Waals surface area contributed by atoms with Crippen molar-refractivity contribution in [1.82, 2.24) is 0 Å². The van der Waals surface area contributed by atoms with E-state index in [1.807, 2.05) is 0 Å². The largest absolute Gasteiger partial charge is 0.344 e. The van der Waals surface area contributed by atoms with Crippen molar-refractivity contribution < 1.29 is 18.3 Å². The van der Waals surface area contributed by atoms with Crippen LogP contribution in [0.2, 0.25) is 0 Å². The molecule has 0 aliphatic rings. The fraction of sp³-hybridized carbons (Fsp3) is 0.800. The summed E-state index contributed by atoms with van der Waals surface area (Å²) in [6.07, 6.45) is -3.26. The topological polar surface area (TPSA) is 18.5 Å². The van der Waals surface area contributed by atoms with Crippen molar-refractivity contribution in [2.75, 3.05) is 13.7 Å². The van der Waals surface area contributed by atoms with Crippen LogP contribution in [0.25, 0.3) is 0 Å². The quantitative estimate of drug-likeness (QED) is 0.586. The normalized spacial score (nSPS) is 11.3. The molecule has 0 aliphatic carbocycles. The zero-order chi connectivity index (χ0) is 7.28. The van der Waals surface area contributed by atoms with E-state index in [9.17, 15) is 8.78 Å². The Balaban J connectivity index is 3.41. The number of ether oxygens (including phenoxy) is 2. The molecule has 0 bridgehead atoms. The second-order valence-electron chi connectivity index (χ2n) is 1.26. The second kappa shape index (κ2) is 4.64. The monoisotopic (exact) mass is 139 g/mol. The molecule has 0 saturated heterocycles. The fourth-order valence-electron chi connectivity index (χ4n) is 0.353. The average Bonchev–Trinajstić information content (AvgIpc) is 1.82. The molecule has 0 heterocycles. The number of methoxy groups -OCH3 is 1. The Labute approximate surface area is 52.8 Å². The lowest BCUT2D eigenvalue weighted by Gasteiger charge is -2.10. The Hall–Kier alpha value is -0.220. The van der Waals surface area contributed by atoms with Gasteiger partial charge in [-0.05, 0) is 6.92 Å². The maximum absolute atomic E-state index is 11.6. The molecule has 0 spiro atoms. The summed E-state index contributed by atoms with van der Waals surface area (Å²) in [7, 11) is 1.15. The molecular weight excluding hydrogens is 130 g/mol. The van der Waals surface area contributed by atoms with Crippen molar-refractivity contribution in [3.63, 3.8) is 0 Å². The van der Waals surface area contributed by atoms with Gasteiger partial charge >= 0.3 is 0 Å². The number of rotatable bonds is 4. The van der Waals surface area contributed by atoms with Crippen LogP contribution >= 0.6 is 0 Å². The van der Waals surface area contributed by atoms with Crippen LogP contribution in [-0.4, -0.2) is 20.1 Å². The Morgan fingerprint density at radius 1 is 1.56 bits per heavy atom. The van der Waals surface area contributed by atoms with Gasteiger partial charge in [-0.1, -0.05) is 0 Å². The van der Waals surface area contributed by atoms with Gasteiger partial charge in [-0.15, -0.1) is 0 Å². The Kier molecular flexibility index (Phi) is 4.53. The second-order valence-corrected chi connectivity index (χ2v) is 1.26. The molecule has 0 aliphatic heterocycles. The Morgan fingerprint density at radius 3 is 2.22 bits per heavy atom. The van der Waals surface area contributed by atoms with Gasteiger partial charge in [0.1, 0.15) is 0 Å². The molecule has 1 radical (unpaired) electrons. The first-order chi connectivity index (χ1) is 4.22. The molecule has 0 aromatic rings. The molecule has 2 nitrogen and oxygen atoms in total. The van der Waals surface area contributed by atoms with E-state index >= 15 is 0 Å². The minimum absolute atomic E-state index is 0.202. The third kappa shape index (κ3) is 3.37. The SMILES string of the molecule is CCO[C](OC)C(F)F. The van der Waals surface area contributed by atoms with Gasteiger partial charge in [0.15, 0.2) is 0 Å². The van der Waals surface area contributed by atoms with E-state index in [0.29, 0.717) is 0 Å². The number of alkyl halides is 2. The fourth-order valence-corrected chi connectivity index (χ4v) is 0.353. The van der Waals surface area contributed by atoms with Crippen LogP contribution in [-0.2, 0) is 9.47 Å². The van der Waals surface area contributed by atoms with Crippen LogP contribution in [0.15, 0.2) is 0 Å². The lowest BCUT2D eigenvalue weighted by molar-refractivity contribution is -0.0973. The highest BCUT2D eigenvalue weighted by Gasteiger charge is 2.21. The first-order valence-electron chi connectivity index (χ1n) is 2.54. The highest BCUT2D eigenvalue weighted by atomic mass is 19.3. The summed E-state index contributed by atoms with van der Waals surface area (Å²) in [5.41, 5.74) is 0. The summed E-state index contributed by atoms with van der Waals surface area (Å²) in [6, 6.07) is 0. The summed E-state index contributed by atoms with van der Waals surface area (Å²) >= 11 is 0. The maximum Gasteiger partial charge on any atom is 0.297 e. The molecule has 0 amide bonds. The molecular formula is C5H9F2O2. The van der Waals surface area contributed by atoms with E-state index in [1.54, 1.807) is 6.92 Å². The zero-order valence-corrected chi connectivity index (χ0v) is 5.36. The van der Waals surface area contributed by atoms with Crippen molar-refractivity contribution in [2.24, 2.45) is 0 Å². The molecule has 0 rings (SSSR count). The van der Waals surface area contributed by atoms with Crippen LogP contribution in [0.5, 0.6) is 0 Å². The molecule has 0 unspecified atom stereocenters. The van der Waals surface area contributed by atoms with Crippen LogP contribution in [0, 0.1) is 6.29 Å². The highest BCUT2D eigenvalue weighted by molar-refractivity contribution is 4.66. The molecule has 0 saturated carbocycles. The number of halogens is 2. The molecule has 55 valence electrons. The van der Waals surface area contributed by atoms with Crippen LogP contribution in [0.1, 0.15) is 6.92 Å². The smallest absolute Gasteiger partial charge is 0.297 e. The van der Waals surface area contributed by atoms with Crippen molar-refractivity contribution in [3.8, 4) is 0 Å². The van der Waals surface area contributed by atoms with Crippen molar-refractivity contribution in [2.45, 2.75) is 13.3 Å². The summed E-state index contributed by atoms with van der Waals surface area (Å²) in [6.45, 7) is 1.81. The van der Waals surface area contributed by atoms with Gasteiger partial charge in [-0.25, -0.2) is 8.78 Å². The Bertz CT molecular complexity index is 68.0. The van der Waals surface area contributed by atoms with Crippen LogP contribution in [0.3, 0.4) is 0 Å². The minimum atomic E-state index is -2.64. The summed E-state index contributed by atoms with van der Waals surface area (Å²) in [5, 5.41) is 0.